The van der Waals surface area contributed by atoms with E-state index in [9.17, 15) is 8.78 Å². The van der Waals surface area contributed by atoms with Gasteiger partial charge in [0.25, 0.3) is 5.88 Å². The number of hydrogen-bond donors (Lipinski definition) is 1. The molecule has 0 radical (unpaired) electrons. The molecule has 0 saturated carbocycles. The molecule has 0 fully saturated rings. The van der Waals surface area contributed by atoms with Crippen LogP contribution in [-0.4, -0.2) is 12.0 Å². The molecule has 1 aromatic carbocycles. The zero-order valence-electron chi connectivity index (χ0n) is 9.38. The molecule has 0 amide bonds. The van der Waals surface area contributed by atoms with Crippen molar-refractivity contribution in [3.8, 4) is 11.6 Å². The highest BCUT2D eigenvalue weighted by atomic mass is 79.9. The number of ether oxygens (including phenoxy) is 1. The quantitative estimate of drug-likeness (QED) is 0.931. The van der Waals surface area contributed by atoms with E-state index in [1.807, 2.05) is 0 Å². The summed E-state index contributed by atoms with van der Waals surface area (Å²) in [4.78, 5) is 3.71. The second kappa shape index (κ2) is 5.30. The largest absolute Gasteiger partial charge is 0.436 e. The second-order valence-corrected chi connectivity index (χ2v) is 4.33. The SMILES string of the molecule is CNc1nc(Oc2ccc(Br)cc2)c(F)cc1F. The van der Waals surface area contributed by atoms with E-state index < -0.39 is 11.6 Å². The van der Waals surface area contributed by atoms with Gasteiger partial charge in [-0.2, -0.15) is 4.98 Å². The van der Waals surface area contributed by atoms with E-state index in [0.717, 1.165) is 10.5 Å². The normalized spacial score (nSPS) is 10.2. The summed E-state index contributed by atoms with van der Waals surface area (Å²) < 4.78 is 32.8. The highest BCUT2D eigenvalue weighted by molar-refractivity contribution is 9.10. The second-order valence-electron chi connectivity index (χ2n) is 3.41. The Bertz CT molecular complexity index is 561. The maximum Gasteiger partial charge on any atom is 0.258 e. The molecule has 2 aromatic rings. The maximum atomic E-state index is 13.5. The molecular weight excluding hydrogens is 306 g/mol. The van der Waals surface area contributed by atoms with Crippen LogP contribution in [0.2, 0.25) is 0 Å². The molecule has 0 spiro atoms. The van der Waals surface area contributed by atoms with Crippen LogP contribution in [0.15, 0.2) is 34.8 Å². The van der Waals surface area contributed by atoms with Crippen molar-refractivity contribution in [2.75, 3.05) is 12.4 Å². The van der Waals surface area contributed by atoms with E-state index in [4.69, 9.17) is 4.74 Å². The molecule has 0 aliphatic heterocycles. The number of nitrogens with zero attached hydrogens (tertiary/aromatic N) is 1. The number of benzene rings is 1. The van der Waals surface area contributed by atoms with Crippen LogP contribution in [0.1, 0.15) is 0 Å². The predicted molar refractivity (Wildman–Crippen MR) is 67.9 cm³/mol. The smallest absolute Gasteiger partial charge is 0.258 e. The molecule has 94 valence electrons. The van der Waals surface area contributed by atoms with E-state index in [1.54, 1.807) is 24.3 Å². The van der Waals surface area contributed by atoms with Crippen molar-refractivity contribution in [3.63, 3.8) is 0 Å². The fourth-order valence-electron chi connectivity index (χ4n) is 1.31. The highest BCUT2D eigenvalue weighted by Crippen LogP contribution is 2.26. The summed E-state index contributed by atoms with van der Waals surface area (Å²) in [5.74, 6) is -1.54. The molecule has 3 nitrogen and oxygen atoms in total. The van der Waals surface area contributed by atoms with Crippen LogP contribution in [0.5, 0.6) is 11.6 Å². The Morgan fingerprint density at radius 3 is 2.44 bits per heavy atom. The van der Waals surface area contributed by atoms with Crippen LogP contribution < -0.4 is 10.1 Å². The fourth-order valence-corrected chi connectivity index (χ4v) is 1.58. The van der Waals surface area contributed by atoms with Crippen LogP contribution in [0.25, 0.3) is 0 Å². The molecule has 6 heteroatoms. The van der Waals surface area contributed by atoms with Crippen molar-refractivity contribution < 1.29 is 13.5 Å². The lowest BCUT2D eigenvalue weighted by Crippen LogP contribution is -2.00. The van der Waals surface area contributed by atoms with Crippen molar-refractivity contribution in [2.24, 2.45) is 0 Å². The van der Waals surface area contributed by atoms with Gasteiger partial charge in [0.2, 0.25) is 0 Å². The van der Waals surface area contributed by atoms with Gasteiger partial charge in [-0.3, -0.25) is 0 Å². The minimum absolute atomic E-state index is 0.0662. The Labute approximate surface area is 111 Å². The van der Waals surface area contributed by atoms with Crippen molar-refractivity contribution in [1.82, 2.24) is 4.98 Å². The van der Waals surface area contributed by atoms with E-state index in [2.05, 4.69) is 26.2 Å². The van der Waals surface area contributed by atoms with Gasteiger partial charge in [0, 0.05) is 17.6 Å². The van der Waals surface area contributed by atoms with E-state index in [-0.39, 0.29) is 11.7 Å². The van der Waals surface area contributed by atoms with Gasteiger partial charge in [-0.25, -0.2) is 8.78 Å². The molecule has 18 heavy (non-hydrogen) atoms. The van der Waals surface area contributed by atoms with Crippen LogP contribution in [0, 0.1) is 11.6 Å². The first-order chi connectivity index (χ1) is 8.60. The molecule has 0 bridgehead atoms. The zero-order valence-corrected chi connectivity index (χ0v) is 11.0. The zero-order chi connectivity index (χ0) is 13.1. The first kappa shape index (κ1) is 12.8. The number of halogens is 3. The van der Waals surface area contributed by atoms with Gasteiger partial charge in [0.1, 0.15) is 5.75 Å². The highest BCUT2D eigenvalue weighted by Gasteiger charge is 2.12. The van der Waals surface area contributed by atoms with Crippen LogP contribution in [0.4, 0.5) is 14.6 Å². The minimum Gasteiger partial charge on any atom is -0.436 e. The monoisotopic (exact) mass is 314 g/mol. The molecule has 1 N–H and O–H groups in total. The third kappa shape index (κ3) is 2.76. The summed E-state index contributed by atoms with van der Waals surface area (Å²) in [5, 5.41) is 2.52. The lowest BCUT2D eigenvalue weighted by atomic mass is 10.3. The van der Waals surface area contributed by atoms with Gasteiger partial charge in [0.05, 0.1) is 0 Å². The average molecular weight is 315 g/mol. The summed E-state index contributed by atoms with van der Waals surface area (Å²) in [6.45, 7) is 0. The van der Waals surface area contributed by atoms with Crippen LogP contribution in [-0.2, 0) is 0 Å². The van der Waals surface area contributed by atoms with Crippen molar-refractivity contribution in [1.29, 1.82) is 0 Å². The van der Waals surface area contributed by atoms with Crippen molar-refractivity contribution in [2.45, 2.75) is 0 Å². The van der Waals surface area contributed by atoms with E-state index >= 15 is 0 Å². The van der Waals surface area contributed by atoms with Crippen LogP contribution >= 0.6 is 15.9 Å². The summed E-state index contributed by atoms with van der Waals surface area (Å²) in [5.41, 5.74) is 0. The van der Waals surface area contributed by atoms with E-state index in [1.165, 1.54) is 7.05 Å². The molecule has 0 saturated heterocycles. The predicted octanol–water partition coefficient (Wildman–Crippen LogP) is 3.96. The van der Waals surface area contributed by atoms with Gasteiger partial charge in [-0.05, 0) is 24.3 Å². The van der Waals surface area contributed by atoms with E-state index in [0.29, 0.717) is 5.75 Å². The molecule has 1 heterocycles. The van der Waals surface area contributed by atoms with Gasteiger partial charge >= 0.3 is 0 Å². The molecule has 2 rings (SSSR count). The Hall–Kier alpha value is -1.69. The Morgan fingerprint density at radius 2 is 1.83 bits per heavy atom. The first-order valence-corrected chi connectivity index (χ1v) is 5.86. The summed E-state index contributed by atoms with van der Waals surface area (Å²) in [7, 11) is 1.49. The third-order valence-electron chi connectivity index (χ3n) is 2.16. The van der Waals surface area contributed by atoms with Gasteiger partial charge < -0.3 is 10.1 Å². The van der Waals surface area contributed by atoms with Crippen molar-refractivity contribution in [3.05, 3.63) is 46.4 Å². The summed E-state index contributed by atoms with van der Waals surface area (Å²) in [6, 6.07) is 7.51. The first-order valence-electron chi connectivity index (χ1n) is 5.07. The lowest BCUT2D eigenvalue weighted by Gasteiger charge is -2.08. The molecule has 0 atom stereocenters. The molecule has 0 aliphatic carbocycles. The van der Waals surface area contributed by atoms with Crippen LogP contribution in [0.3, 0.4) is 0 Å². The summed E-state index contributed by atoms with van der Waals surface area (Å²) in [6.07, 6.45) is 0. The summed E-state index contributed by atoms with van der Waals surface area (Å²) >= 11 is 3.27. The average Bonchev–Trinajstić information content (AvgIpc) is 2.35. The number of anilines is 1. The standard InChI is InChI=1S/C12H9BrF2N2O/c1-16-11-9(14)6-10(15)12(17-11)18-8-4-2-7(13)3-5-8/h2-6H,1H3,(H,16,17). The van der Waals surface area contributed by atoms with Gasteiger partial charge in [-0.1, -0.05) is 15.9 Å². The van der Waals surface area contributed by atoms with Gasteiger partial charge in [-0.15, -0.1) is 0 Å². The maximum absolute atomic E-state index is 13.5. The molecular formula is C12H9BrF2N2O. The number of nitrogens with one attached hydrogen (secondary N) is 1. The number of pyridine rings is 1. The Balaban J connectivity index is 2.31. The topological polar surface area (TPSA) is 34.2 Å². The van der Waals surface area contributed by atoms with Gasteiger partial charge in [0.15, 0.2) is 17.5 Å². The molecule has 0 unspecified atom stereocenters. The van der Waals surface area contributed by atoms with Crippen molar-refractivity contribution >= 4 is 21.7 Å². The number of hydrogen-bond acceptors (Lipinski definition) is 3. The lowest BCUT2D eigenvalue weighted by molar-refractivity contribution is 0.418. The Kier molecular flexibility index (Phi) is 3.76. The number of rotatable bonds is 3. The fraction of sp³-hybridized carbons (Fsp3) is 0.0833. The third-order valence-corrected chi connectivity index (χ3v) is 2.69. The minimum atomic E-state index is -0.852. The Morgan fingerprint density at radius 1 is 1.17 bits per heavy atom. The number of aromatic nitrogens is 1. The molecule has 1 aromatic heterocycles. The molecule has 0 aliphatic rings.